The van der Waals surface area contributed by atoms with E-state index in [2.05, 4.69) is 9.72 Å². The number of rotatable bonds is 4. The SMILES string of the molecule is COC(=O)c1c(Oc2ccc(F)c(F)c2OC)cnc(C(F)(F)F)c1C. The first-order valence-corrected chi connectivity index (χ1v) is 6.96. The standard InChI is InChI=1S/C16H12F5NO4/c1-7-11(15(23)25-3)10(6-22-14(7)16(19,20)21)26-9-5-4-8(17)12(18)13(9)24-2/h4-6H,1-3H3. The molecule has 1 aromatic carbocycles. The van der Waals surface area contributed by atoms with Crippen LogP contribution in [0.2, 0.25) is 0 Å². The highest BCUT2D eigenvalue weighted by atomic mass is 19.4. The molecule has 0 aliphatic rings. The summed E-state index contributed by atoms with van der Waals surface area (Å²) < 4.78 is 80.5. The highest BCUT2D eigenvalue weighted by Gasteiger charge is 2.37. The quantitative estimate of drug-likeness (QED) is 0.588. The number of hydrogen-bond donors (Lipinski definition) is 0. The Labute approximate surface area is 144 Å². The van der Waals surface area contributed by atoms with Crippen LogP contribution in [0.3, 0.4) is 0 Å². The Hall–Kier alpha value is -2.91. The summed E-state index contributed by atoms with van der Waals surface area (Å²) in [6.07, 6.45) is -4.17. The summed E-state index contributed by atoms with van der Waals surface area (Å²) in [5.41, 5.74) is -2.40. The number of hydrogen-bond acceptors (Lipinski definition) is 5. The second kappa shape index (κ2) is 7.14. The van der Waals surface area contributed by atoms with Crippen molar-refractivity contribution in [2.45, 2.75) is 13.1 Å². The number of nitrogens with zero attached hydrogens (tertiary/aromatic N) is 1. The monoisotopic (exact) mass is 377 g/mol. The van der Waals surface area contributed by atoms with Gasteiger partial charge < -0.3 is 14.2 Å². The zero-order chi connectivity index (χ0) is 19.6. The molecule has 2 rings (SSSR count). The van der Waals surface area contributed by atoms with Gasteiger partial charge in [0.05, 0.1) is 20.4 Å². The molecule has 26 heavy (non-hydrogen) atoms. The normalized spacial score (nSPS) is 11.2. The van der Waals surface area contributed by atoms with Gasteiger partial charge in [-0.2, -0.15) is 17.6 Å². The van der Waals surface area contributed by atoms with Crippen LogP contribution in [0.1, 0.15) is 21.6 Å². The van der Waals surface area contributed by atoms with Crippen molar-refractivity contribution in [2.24, 2.45) is 0 Å². The minimum absolute atomic E-state index is 0.363. The molecule has 0 unspecified atom stereocenters. The first-order valence-electron chi connectivity index (χ1n) is 6.96. The van der Waals surface area contributed by atoms with Gasteiger partial charge in [-0.05, 0) is 24.6 Å². The second-order valence-corrected chi connectivity index (χ2v) is 4.96. The van der Waals surface area contributed by atoms with E-state index in [0.29, 0.717) is 6.20 Å². The van der Waals surface area contributed by atoms with E-state index >= 15 is 0 Å². The highest BCUT2D eigenvalue weighted by Crippen LogP contribution is 2.39. The van der Waals surface area contributed by atoms with Crippen molar-refractivity contribution in [3.63, 3.8) is 0 Å². The topological polar surface area (TPSA) is 57.7 Å². The van der Waals surface area contributed by atoms with Gasteiger partial charge in [0.25, 0.3) is 0 Å². The van der Waals surface area contributed by atoms with Crippen molar-refractivity contribution < 1.29 is 41.0 Å². The van der Waals surface area contributed by atoms with Crippen LogP contribution in [-0.2, 0) is 10.9 Å². The summed E-state index contributed by atoms with van der Waals surface area (Å²) >= 11 is 0. The Balaban J connectivity index is 2.63. The number of carbonyl (C=O) groups is 1. The first kappa shape index (κ1) is 19.4. The molecule has 0 saturated carbocycles. The molecule has 1 aromatic heterocycles. The molecule has 5 nitrogen and oxygen atoms in total. The van der Waals surface area contributed by atoms with Gasteiger partial charge >= 0.3 is 12.1 Å². The summed E-state index contributed by atoms with van der Waals surface area (Å²) in [6, 6.07) is 1.72. The molecule has 140 valence electrons. The minimum atomic E-state index is -4.81. The van der Waals surface area contributed by atoms with Gasteiger partial charge in [0, 0.05) is 0 Å². The van der Waals surface area contributed by atoms with E-state index in [1.54, 1.807) is 0 Å². The number of methoxy groups -OCH3 is 2. The number of esters is 1. The van der Waals surface area contributed by atoms with Crippen molar-refractivity contribution in [3.05, 3.63) is 46.8 Å². The lowest BCUT2D eigenvalue weighted by molar-refractivity contribution is -0.141. The van der Waals surface area contributed by atoms with Gasteiger partial charge in [0.2, 0.25) is 11.6 Å². The number of benzene rings is 1. The predicted octanol–water partition coefficient (Wildman–Crippen LogP) is 4.27. The molecular formula is C16H12F5NO4. The van der Waals surface area contributed by atoms with E-state index in [1.165, 1.54) is 0 Å². The highest BCUT2D eigenvalue weighted by molar-refractivity contribution is 5.94. The van der Waals surface area contributed by atoms with Crippen molar-refractivity contribution in [2.75, 3.05) is 14.2 Å². The summed E-state index contributed by atoms with van der Waals surface area (Å²) in [5, 5.41) is 0. The maximum atomic E-state index is 13.8. The van der Waals surface area contributed by atoms with Crippen molar-refractivity contribution in [1.29, 1.82) is 0 Å². The number of carbonyl (C=O) groups excluding carboxylic acids is 1. The Morgan fingerprint density at radius 2 is 1.77 bits per heavy atom. The van der Waals surface area contributed by atoms with Crippen LogP contribution in [0.5, 0.6) is 17.2 Å². The van der Waals surface area contributed by atoms with Gasteiger partial charge in [0.15, 0.2) is 17.3 Å². The van der Waals surface area contributed by atoms with Crippen molar-refractivity contribution >= 4 is 5.97 Å². The van der Waals surface area contributed by atoms with Crippen molar-refractivity contribution in [1.82, 2.24) is 4.98 Å². The van der Waals surface area contributed by atoms with E-state index < -0.39 is 52.1 Å². The van der Waals surface area contributed by atoms with Crippen LogP contribution in [0.15, 0.2) is 18.3 Å². The Morgan fingerprint density at radius 3 is 2.31 bits per heavy atom. The van der Waals surface area contributed by atoms with Crippen LogP contribution in [0, 0.1) is 18.6 Å². The Bertz CT molecular complexity index is 852. The molecule has 2 aromatic rings. The zero-order valence-corrected chi connectivity index (χ0v) is 13.7. The molecule has 0 aliphatic carbocycles. The van der Waals surface area contributed by atoms with Gasteiger partial charge in [-0.25, -0.2) is 14.2 Å². The van der Waals surface area contributed by atoms with Gasteiger partial charge in [-0.3, -0.25) is 0 Å². The van der Waals surface area contributed by atoms with Crippen molar-refractivity contribution in [3.8, 4) is 17.2 Å². The number of ether oxygens (including phenoxy) is 3. The van der Waals surface area contributed by atoms with E-state index in [-0.39, 0.29) is 5.75 Å². The second-order valence-electron chi connectivity index (χ2n) is 4.96. The lowest BCUT2D eigenvalue weighted by atomic mass is 10.1. The third-order valence-electron chi connectivity index (χ3n) is 3.38. The molecule has 10 heteroatoms. The largest absolute Gasteiger partial charge is 0.490 e. The average Bonchev–Trinajstić information content (AvgIpc) is 2.57. The van der Waals surface area contributed by atoms with Gasteiger partial charge in [-0.1, -0.05) is 0 Å². The molecule has 0 amide bonds. The third-order valence-corrected chi connectivity index (χ3v) is 3.38. The molecule has 0 fully saturated rings. The maximum absolute atomic E-state index is 13.8. The number of aromatic nitrogens is 1. The van der Waals surface area contributed by atoms with Gasteiger partial charge in [0.1, 0.15) is 11.3 Å². The molecule has 0 atom stereocenters. The van der Waals surface area contributed by atoms with Crippen LogP contribution in [0.25, 0.3) is 0 Å². The molecule has 0 N–H and O–H groups in total. The van der Waals surface area contributed by atoms with E-state index in [4.69, 9.17) is 9.47 Å². The van der Waals surface area contributed by atoms with Crippen LogP contribution in [0.4, 0.5) is 22.0 Å². The molecule has 0 radical (unpaired) electrons. The molecule has 0 bridgehead atoms. The first-order chi connectivity index (χ1) is 12.1. The number of alkyl halides is 3. The van der Waals surface area contributed by atoms with Crippen LogP contribution >= 0.6 is 0 Å². The molecular weight excluding hydrogens is 365 g/mol. The van der Waals surface area contributed by atoms with Crippen LogP contribution in [-0.4, -0.2) is 25.2 Å². The Kier molecular flexibility index (Phi) is 5.33. The average molecular weight is 377 g/mol. The van der Waals surface area contributed by atoms with E-state index in [0.717, 1.165) is 33.3 Å². The number of pyridine rings is 1. The fraction of sp³-hybridized carbons (Fsp3) is 0.250. The third kappa shape index (κ3) is 3.53. The summed E-state index contributed by atoms with van der Waals surface area (Å²) in [6.45, 7) is 1.01. The van der Waals surface area contributed by atoms with E-state index in [9.17, 15) is 26.7 Å². The zero-order valence-electron chi connectivity index (χ0n) is 13.7. The summed E-state index contributed by atoms with van der Waals surface area (Å²) in [5.74, 6) is -5.13. The predicted molar refractivity (Wildman–Crippen MR) is 78.3 cm³/mol. The lowest BCUT2D eigenvalue weighted by Gasteiger charge is -2.17. The smallest absolute Gasteiger partial charge is 0.433 e. The molecule has 0 saturated heterocycles. The maximum Gasteiger partial charge on any atom is 0.433 e. The molecule has 0 spiro atoms. The summed E-state index contributed by atoms with van der Waals surface area (Å²) in [7, 11) is 2.01. The number of halogens is 5. The Morgan fingerprint density at radius 1 is 1.12 bits per heavy atom. The molecule has 1 heterocycles. The fourth-order valence-corrected chi connectivity index (χ4v) is 2.21. The van der Waals surface area contributed by atoms with E-state index in [1.807, 2.05) is 0 Å². The fourth-order valence-electron chi connectivity index (χ4n) is 2.21. The van der Waals surface area contributed by atoms with Gasteiger partial charge in [-0.15, -0.1) is 0 Å². The minimum Gasteiger partial charge on any atom is -0.490 e. The molecule has 0 aliphatic heterocycles. The lowest BCUT2D eigenvalue weighted by Crippen LogP contribution is -2.16. The van der Waals surface area contributed by atoms with Crippen LogP contribution < -0.4 is 9.47 Å². The summed E-state index contributed by atoms with van der Waals surface area (Å²) in [4.78, 5) is 15.2.